The number of hydrogen-bond donors (Lipinski definition) is 0. The van der Waals surface area contributed by atoms with Crippen molar-refractivity contribution in [2.24, 2.45) is 17.3 Å². The first-order chi connectivity index (χ1) is 18.4. The number of nitrogens with zero attached hydrogens (tertiary/aromatic N) is 1. The van der Waals surface area contributed by atoms with Crippen molar-refractivity contribution >= 4 is 51.6 Å². The van der Waals surface area contributed by atoms with Gasteiger partial charge in [0.2, 0.25) is 0 Å². The number of thiazole rings is 1. The second kappa shape index (κ2) is 19.1. The number of hydrogen-bond acceptors (Lipinski definition) is 8. The zero-order valence-corrected chi connectivity index (χ0v) is 29.2. The van der Waals surface area contributed by atoms with Crippen LogP contribution in [0.3, 0.4) is 0 Å². The molecule has 0 aliphatic rings. The van der Waals surface area contributed by atoms with E-state index in [1.807, 2.05) is 27.7 Å². The first-order valence-corrected chi connectivity index (χ1v) is 15.7. The summed E-state index contributed by atoms with van der Waals surface area (Å²) in [7, 11) is 8.51. The summed E-state index contributed by atoms with van der Waals surface area (Å²) in [5.41, 5.74) is 2.75. The molecular weight excluding hydrogens is 571 g/mol. The number of carbonyl (C=O) groups excluding carboxylic acids is 1. The second-order valence-corrected chi connectivity index (χ2v) is 12.7. The topological polar surface area (TPSA) is 76.1 Å². The maximum atomic E-state index is 13.6. The van der Waals surface area contributed by atoms with Crippen LogP contribution < -0.4 is 0 Å². The molecule has 0 saturated carbocycles. The third-order valence-electron chi connectivity index (χ3n) is 7.41. The van der Waals surface area contributed by atoms with Crippen LogP contribution in [0, 0.1) is 24.2 Å². The van der Waals surface area contributed by atoms with Crippen LogP contribution in [0.5, 0.6) is 0 Å². The van der Waals surface area contributed by atoms with E-state index < -0.39 is 5.41 Å². The molecule has 0 aromatic carbocycles. The van der Waals surface area contributed by atoms with Gasteiger partial charge in [0.15, 0.2) is 0 Å². The van der Waals surface area contributed by atoms with Gasteiger partial charge in [0.25, 0.3) is 0 Å². The SMILES string of the molecule is COOCCC(OP)C(C)(C)C(=O)C(C)C(OP)C(C)CCC/C(C)=C\CC(OP)/C(C)=C/c1csc(C)n1. The Labute approximate surface area is 247 Å². The number of ketones is 1. The van der Waals surface area contributed by atoms with E-state index in [4.69, 9.17) is 18.5 Å². The van der Waals surface area contributed by atoms with Crippen LogP contribution in [0.2, 0.25) is 0 Å². The molecule has 0 N–H and O–H groups in total. The van der Waals surface area contributed by atoms with Crippen molar-refractivity contribution in [3.05, 3.63) is 33.3 Å². The maximum absolute atomic E-state index is 13.6. The van der Waals surface area contributed by atoms with Crippen LogP contribution in [-0.2, 0) is 28.1 Å². The molecule has 0 spiro atoms. The van der Waals surface area contributed by atoms with E-state index in [1.54, 1.807) is 11.3 Å². The molecule has 11 heteroatoms. The van der Waals surface area contributed by atoms with Gasteiger partial charge >= 0.3 is 0 Å². The van der Waals surface area contributed by atoms with Crippen molar-refractivity contribution in [3.63, 3.8) is 0 Å². The second-order valence-electron chi connectivity index (χ2n) is 10.8. The Morgan fingerprint density at radius 2 is 1.82 bits per heavy atom. The van der Waals surface area contributed by atoms with Crippen LogP contribution in [0.15, 0.2) is 22.6 Å². The quantitative estimate of drug-likeness (QED) is 0.0485. The van der Waals surface area contributed by atoms with Gasteiger partial charge in [-0.05, 0) is 64.0 Å². The van der Waals surface area contributed by atoms with Gasteiger partial charge in [-0.1, -0.05) is 39.3 Å². The summed E-state index contributed by atoms with van der Waals surface area (Å²) in [5.74, 6) is 0.0425. The van der Waals surface area contributed by atoms with Gasteiger partial charge in [0.1, 0.15) is 5.78 Å². The Morgan fingerprint density at radius 1 is 1.13 bits per heavy atom. The fourth-order valence-corrected chi connectivity index (χ4v) is 6.75. The van der Waals surface area contributed by atoms with E-state index in [2.05, 4.69) is 76.6 Å². The van der Waals surface area contributed by atoms with Crippen LogP contribution in [0.1, 0.15) is 84.3 Å². The van der Waals surface area contributed by atoms with E-state index in [0.717, 1.165) is 42.0 Å². The van der Waals surface area contributed by atoms with Crippen molar-refractivity contribution in [1.82, 2.24) is 4.98 Å². The van der Waals surface area contributed by atoms with Crippen LogP contribution in [-0.4, -0.2) is 42.8 Å². The summed E-state index contributed by atoms with van der Waals surface area (Å²) in [6.45, 7) is 14.6. The minimum atomic E-state index is -0.709. The Bertz CT molecular complexity index is 923. The molecule has 8 atom stereocenters. The van der Waals surface area contributed by atoms with Gasteiger partial charge in [-0.25, -0.2) is 14.8 Å². The molecule has 0 aliphatic carbocycles. The number of carbonyl (C=O) groups is 1. The van der Waals surface area contributed by atoms with Crippen molar-refractivity contribution in [1.29, 1.82) is 0 Å². The standard InChI is InChI=1S/C28H50NO6P3S/c1-18(12-13-24(33-36)20(3)16-23-17-39-22(5)29-23)10-9-11-19(2)26(35-38)21(4)27(30)28(6,7)25(34-37)14-15-32-31-8/h12,16-17,19,21,24-26H,9-11,13-15,36-38H2,1-8H3/b18-12-,20-16+. The molecule has 1 aromatic rings. The molecule has 0 radical (unpaired) electrons. The van der Waals surface area contributed by atoms with Crippen molar-refractivity contribution in [3.8, 4) is 0 Å². The van der Waals surface area contributed by atoms with Crippen LogP contribution in [0.4, 0.5) is 0 Å². The van der Waals surface area contributed by atoms with Crippen molar-refractivity contribution < 1.29 is 28.1 Å². The molecular formula is C28H50NO6P3S. The number of aromatic nitrogens is 1. The molecule has 0 amide bonds. The summed E-state index contributed by atoms with van der Waals surface area (Å²) in [6.07, 6.45) is 8.13. The molecule has 8 unspecified atom stereocenters. The van der Waals surface area contributed by atoms with Gasteiger partial charge in [-0.2, -0.15) is 0 Å². The number of aryl methyl sites for hydroxylation is 1. The molecule has 224 valence electrons. The van der Waals surface area contributed by atoms with Gasteiger partial charge < -0.3 is 13.6 Å². The minimum absolute atomic E-state index is 0.00798. The lowest BCUT2D eigenvalue weighted by molar-refractivity contribution is -0.275. The van der Waals surface area contributed by atoms with E-state index in [1.165, 1.54) is 12.7 Å². The predicted molar refractivity (Wildman–Crippen MR) is 171 cm³/mol. The third-order valence-corrected chi connectivity index (χ3v) is 9.17. The average molecular weight is 622 g/mol. The van der Waals surface area contributed by atoms with Gasteiger partial charge in [0, 0.05) is 46.1 Å². The zero-order chi connectivity index (χ0) is 29.6. The fraction of sp³-hybridized carbons (Fsp3) is 0.714. The highest BCUT2D eigenvalue weighted by molar-refractivity contribution is 7.10. The first kappa shape index (κ1) is 36.9. The van der Waals surface area contributed by atoms with Gasteiger partial charge in [-0.3, -0.25) is 4.79 Å². The minimum Gasteiger partial charge on any atom is -0.361 e. The Morgan fingerprint density at radius 3 is 2.36 bits per heavy atom. The van der Waals surface area contributed by atoms with E-state index in [0.29, 0.717) is 13.0 Å². The molecule has 1 rings (SSSR count). The summed E-state index contributed by atoms with van der Waals surface area (Å²) >= 11 is 1.65. The largest absolute Gasteiger partial charge is 0.361 e. The smallest absolute Gasteiger partial charge is 0.146 e. The van der Waals surface area contributed by atoms with Crippen molar-refractivity contribution in [2.45, 2.75) is 98.9 Å². The first-order valence-electron chi connectivity index (χ1n) is 13.4. The Kier molecular flexibility index (Phi) is 18.1. The maximum Gasteiger partial charge on any atom is 0.146 e. The lowest BCUT2D eigenvalue weighted by atomic mass is 9.73. The van der Waals surface area contributed by atoms with Gasteiger partial charge in [-0.15, -0.1) is 11.3 Å². The molecule has 7 nitrogen and oxygen atoms in total. The molecule has 39 heavy (non-hydrogen) atoms. The van der Waals surface area contributed by atoms with Crippen LogP contribution in [0.25, 0.3) is 6.08 Å². The summed E-state index contributed by atoms with van der Waals surface area (Å²) in [4.78, 5) is 27.7. The monoisotopic (exact) mass is 621 g/mol. The van der Waals surface area contributed by atoms with Gasteiger partial charge in [0.05, 0.1) is 48.1 Å². The lowest BCUT2D eigenvalue weighted by Gasteiger charge is -2.37. The normalized spacial score (nSPS) is 17.1. The highest BCUT2D eigenvalue weighted by Gasteiger charge is 2.42. The highest BCUT2D eigenvalue weighted by Crippen LogP contribution is 2.35. The molecule has 0 bridgehead atoms. The van der Waals surface area contributed by atoms with E-state index >= 15 is 0 Å². The molecule has 0 aliphatic heterocycles. The Balaban J connectivity index is 2.68. The number of rotatable bonds is 20. The summed E-state index contributed by atoms with van der Waals surface area (Å²) in [6, 6.07) is 0. The summed E-state index contributed by atoms with van der Waals surface area (Å²) in [5, 5.41) is 3.13. The van der Waals surface area contributed by atoms with E-state index in [-0.39, 0.29) is 35.9 Å². The average Bonchev–Trinajstić information content (AvgIpc) is 3.30. The predicted octanol–water partition coefficient (Wildman–Crippen LogP) is 7.72. The number of allylic oxidation sites excluding steroid dienone is 1. The third kappa shape index (κ3) is 12.3. The lowest BCUT2D eigenvalue weighted by Crippen LogP contribution is -2.45. The summed E-state index contributed by atoms with van der Waals surface area (Å²) < 4.78 is 17.0. The van der Waals surface area contributed by atoms with E-state index in [9.17, 15) is 4.79 Å². The fourth-order valence-electron chi connectivity index (χ4n) is 4.88. The Hall–Kier alpha value is -0.130. The molecule has 0 saturated heterocycles. The van der Waals surface area contributed by atoms with Crippen molar-refractivity contribution in [2.75, 3.05) is 13.7 Å². The molecule has 0 fully saturated rings. The zero-order valence-electron chi connectivity index (χ0n) is 24.9. The highest BCUT2D eigenvalue weighted by atomic mass is 32.1. The molecule has 1 heterocycles. The molecule has 1 aromatic heterocycles. The number of Topliss-reactive ketones (excluding diaryl/α,β-unsaturated/α-hetero) is 1. The van der Waals surface area contributed by atoms with Crippen LogP contribution >= 0.6 is 39.7 Å².